The molecule has 180 valence electrons. The lowest BCUT2D eigenvalue weighted by Gasteiger charge is -2.22. The van der Waals surface area contributed by atoms with Gasteiger partial charge in [0, 0.05) is 24.9 Å². The first-order valence-corrected chi connectivity index (χ1v) is 11.8. The fraction of sp³-hybridized carbons (Fsp3) is 0.241. The van der Waals surface area contributed by atoms with E-state index in [0.29, 0.717) is 17.8 Å². The van der Waals surface area contributed by atoms with Crippen molar-refractivity contribution in [1.29, 1.82) is 0 Å². The summed E-state index contributed by atoms with van der Waals surface area (Å²) in [5.41, 5.74) is 3.11. The first kappa shape index (κ1) is 24.4. The van der Waals surface area contributed by atoms with Gasteiger partial charge in [0.1, 0.15) is 5.82 Å². The Bertz CT molecular complexity index is 1160. The van der Waals surface area contributed by atoms with E-state index in [1.165, 1.54) is 18.2 Å². The Morgan fingerprint density at radius 3 is 2.51 bits per heavy atom. The number of benzene rings is 3. The minimum atomic E-state index is -0.348. The number of nitrogens with one attached hydrogen (secondary N) is 1. The zero-order chi connectivity index (χ0) is 24.5. The lowest BCUT2D eigenvalue weighted by atomic mass is 10.1. The van der Waals surface area contributed by atoms with Crippen LogP contribution in [0.2, 0.25) is 0 Å². The Kier molecular flexibility index (Phi) is 8.41. The molecule has 3 aromatic rings. The van der Waals surface area contributed by atoms with Crippen LogP contribution in [0.4, 0.5) is 10.1 Å². The molecular formula is C29H29FN2O3. The summed E-state index contributed by atoms with van der Waals surface area (Å²) >= 11 is 0. The van der Waals surface area contributed by atoms with Crippen LogP contribution in [0.5, 0.6) is 0 Å². The van der Waals surface area contributed by atoms with Crippen molar-refractivity contribution >= 4 is 23.6 Å². The van der Waals surface area contributed by atoms with Crippen molar-refractivity contribution in [3.63, 3.8) is 0 Å². The van der Waals surface area contributed by atoms with Gasteiger partial charge in [-0.3, -0.25) is 9.59 Å². The summed E-state index contributed by atoms with van der Waals surface area (Å²) < 4.78 is 19.3. The molecule has 2 amide bonds. The summed E-state index contributed by atoms with van der Waals surface area (Å²) in [7, 11) is 0. The molecule has 5 nitrogen and oxygen atoms in total. The maximum absolute atomic E-state index is 13.8. The molecule has 0 saturated carbocycles. The molecule has 1 heterocycles. The number of carbonyl (C=O) groups excluding carboxylic acids is 2. The van der Waals surface area contributed by atoms with Gasteiger partial charge in [-0.1, -0.05) is 54.6 Å². The zero-order valence-electron chi connectivity index (χ0n) is 19.5. The molecular weight excluding hydrogens is 443 g/mol. The fourth-order valence-corrected chi connectivity index (χ4v) is 4.01. The summed E-state index contributed by atoms with van der Waals surface area (Å²) in [6.07, 6.45) is 5.64. The van der Waals surface area contributed by atoms with Crippen molar-refractivity contribution in [2.75, 3.05) is 18.1 Å². The van der Waals surface area contributed by atoms with E-state index in [2.05, 4.69) is 5.32 Å². The molecule has 0 bridgehead atoms. The van der Waals surface area contributed by atoms with Crippen molar-refractivity contribution < 1.29 is 18.7 Å². The number of ether oxygens (including phenoxy) is 1. The fourth-order valence-electron chi connectivity index (χ4n) is 4.01. The van der Waals surface area contributed by atoms with Crippen LogP contribution < -0.4 is 10.2 Å². The minimum absolute atomic E-state index is 0.0632. The van der Waals surface area contributed by atoms with Gasteiger partial charge >= 0.3 is 0 Å². The van der Waals surface area contributed by atoms with Crippen LogP contribution in [0.1, 0.15) is 29.5 Å². The molecule has 0 spiro atoms. The third kappa shape index (κ3) is 7.36. The third-order valence-corrected chi connectivity index (χ3v) is 5.88. The molecule has 1 fully saturated rings. The number of hydrogen-bond donors (Lipinski definition) is 1. The third-order valence-electron chi connectivity index (χ3n) is 5.88. The molecule has 1 atom stereocenters. The highest BCUT2D eigenvalue weighted by Crippen LogP contribution is 2.20. The number of rotatable bonds is 9. The Balaban J connectivity index is 1.46. The molecule has 1 N–H and O–H groups in total. The predicted molar refractivity (Wildman–Crippen MR) is 135 cm³/mol. The van der Waals surface area contributed by atoms with Crippen LogP contribution in [-0.2, 0) is 27.3 Å². The molecule has 35 heavy (non-hydrogen) atoms. The van der Waals surface area contributed by atoms with E-state index in [9.17, 15) is 14.0 Å². The van der Waals surface area contributed by atoms with Crippen molar-refractivity contribution in [1.82, 2.24) is 5.32 Å². The molecule has 1 unspecified atom stereocenters. The van der Waals surface area contributed by atoms with Gasteiger partial charge in [0.25, 0.3) is 5.91 Å². The number of carbonyl (C=O) groups is 2. The highest BCUT2D eigenvalue weighted by molar-refractivity contribution is 6.03. The van der Waals surface area contributed by atoms with Gasteiger partial charge in [-0.15, -0.1) is 0 Å². The van der Waals surface area contributed by atoms with E-state index >= 15 is 0 Å². The van der Waals surface area contributed by atoms with Crippen molar-refractivity contribution in [2.24, 2.45) is 0 Å². The first-order valence-electron chi connectivity index (χ1n) is 11.8. The number of amides is 2. The lowest BCUT2D eigenvalue weighted by Crippen LogP contribution is -2.32. The monoisotopic (exact) mass is 472 g/mol. The molecule has 3 aromatic carbocycles. The van der Waals surface area contributed by atoms with E-state index in [0.717, 1.165) is 30.6 Å². The van der Waals surface area contributed by atoms with Gasteiger partial charge in [-0.2, -0.15) is 0 Å². The van der Waals surface area contributed by atoms with E-state index in [-0.39, 0.29) is 36.7 Å². The molecule has 0 aliphatic carbocycles. The van der Waals surface area contributed by atoms with Crippen LogP contribution in [0.15, 0.2) is 84.9 Å². The molecule has 6 heteroatoms. The van der Waals surface area contributed by atoms with Gasteiger partial charge < -0.3 is 15.0 Å². The van der Waals surface area contributed by atoms with Crippen molar-refractivity contribution in [3.05, 3.63) is 107 Å². The summed E-state index contributed by atoms with van der Waals surface area (Å²) in [6.45, 7) is 1.50. The first-order chi connectivity index (χ1) is 17.1. The van der Waals surface area contributed by atoms with Gasteiger partial charge in [-0.25, -0.2) is 4.39 Å². The summed E-state index contributed by atoms with van der Waals surface area (Å²) in [5, 5.41) is 2.93. The van der Waals surface area contributed by atoms with Gasteiger partial charge in [0.05, 0.1) is 19.1 Å². The largest absolute Gasteiger partial charge is 0.376 e. The second-order valence-corrected chi connectivity index (χ2v) is 8.58. The van der Waals surface area contributed by atoms with Crippen LogP contribution in [0.25, 0.3) is 6.08 Å². The van der Waals surface area contributed by atoms with Gasteiger partial charge in [0.15, 0.2) is 0 Å². The SMILES string of the molecule is O=C(Cc1ccc(N(Cc2cccc(F)c2)C(=O)C=Cc2ccccc2)cc1)NCC1CCCO1. The standard InChI is InChI=1S/C29H29FN2O3/c30-25-9-4-8-24(18-25)21-32(29(34)16-13-22-6-2-1-3-7-22)26-14-11-23(12-15-26)19-28(33)31-20-27-10-5-17-35-27/h1-4,6-9,11-16,18,27H,5,10,17,19-21H2,(H,31,33). The van der Waals surface area contributed by atoms with E-state index in [4.69, 9.17) is 4.74 Å². The van der Waals surface area contributed by atoms with Crippen LogP contribution in [0.3, 0.4) is 0 Å². The Morgan fingerprint density at radius 2 is 1.80 bits per heavy atom. The van der Waals surface area contributed by atoms with E-state index in [1.54, 1.807) is 23.1 Å². The maximum Gasteiger partial charge on any atom is 0.251 e. The number of hydrogen-bond acceptors (Lipinski definition) is 3. The number of halogens is 1. The molecule has 1 aliphatic rings. The van der Waals surface area contributed by atoms with Crippen molar-refractivity contribution in [2.45, 2.75) is 31.9 Å². The molecule has 1 saturated heterocycles. The number of nitrogens with zero attached hydrogens (tertiary/aromatic N) is 1. The average Bonchev–Trinajstić information content (AvgIpc) is 3.40. The average molecular weight is 473 g/mol. The van der Waals surface area contributed by atoms with E-state index in [1.807, 2.05) is 54.6 Å². The molecule has 0 aromatic heterocycles. The summed E-state index contributed by atoms with van der Waals surface area (Å²) in [6, 6.07) is 23.1. The smallest absolute Gasteiger partial charge is 0.251 e. The van der Waals surface area contributed by atoms with Crippen LogP contribution in [-0.4, -0.2) is 31.1 Å². The Labute approximate surface area is 205 Å². The van der Waals surface area contributed by atoms with Crippen LogP contribution in [0, 0.1) is 5.82 Å². The predicted octanol–water partition coefficient (Wildman–Crippen LogP) is 4.91. The second-order valence-electron chi connectivity index (χ2n) is 8.58. The molecule has 1 aliphatic heterocycles. The topological polar surface area (TPSA) is 58.6 Å². The van der Waals surface area contributed by atoms with Crippen LogP contribution >= 0.6 is 0 Å². The van der Waals surface area contributed by atoms with E-state index < -0.39 is 0 Å². The minimum Gasteiger partial charge on any atom is -0.376 e. The Hall–Kier alpha value is -3.77. The summed E-state index contributed by atoms with van der Waals surface area (Å²) in [5.74, 6) is -0.633. The highest BCUT2D eigenvalue weighted by Gasteiger charge is 2.17. The van der Waals surface area contributed by atoms with Gasteiger partial charge in [-0.05, 0) is 59.9 Å². The highest BCUT2D eigenvalue weighted by atomic mass is 19.1. The quantitative estimate of drug-likeness (QED) is 0.450. The summed E-state index contributed by atoms with van der Waals surface area (Å²) in [4.78, 5) is 27.1. The lowest BCUT2D eigenvalue weighted by molar-refractivity contribution is -0.121. The number of anilines is 1. The molecule has 0 radical (unpaired) electrons. The zero-order valence-corrected chi connectivity index (χ0v) is 19.5. The Morgan fingerprint density at radius 1 is 1.00 bits per heavy atom. The second kappa shape index (κ2) is 12.1. The normalized spacial score (nSPS) is 15.3. The van der Waals surface area contributed by atoms with Gasteiger partial charge in [0.2, 0.25) is 5.91 Å². The van der Waals surface area contributed by atoms with Crippen molar-refractivity contribution in [3.8, 4) is 0 Å². The molecule has 4 rings (SSSR count). The maximum atomic E-state index is 13.8.